The van der Waals surface area contributed by atoms with Crippen molar-refractivity contribution in [1.29, 1.82) is 0 Å². The molecule has 1 aliphatic heterocycles. The van der Waals surface area contributed by atoms with E-state index in [1.54, 1.807) is 19.1 Å². The molecule has 0 aliphatic carbocycles. The van der Waals surface area contributed by atoms with Crippen molar-refractivity contribution in [3.8, 4) is 11.5 Å². The van der Waals surface area contributed by atoms with Gasteiger partial charge in [0.2, 0.25) is 0 Å². The van der Waals surface area contributed by atoms with Gasteiger partial charge in [-0.25, -0.2) is 23.1 Å². The number of ether oxygens (including phenoxy) is 2. The van der Waals surface area contributed by atoms with Crippen LogP contribution >= 0.6 is 0 Å². The molecule has 4 N–H and O–H groups in total. The van der Waals surface area contributed by atoms with E-state index in [1.807, 2.05) is 0 Å². The lowest BCUT2D eigenvalue weighted by atomic mass is 10.0. The molecule has 1 aliphatic rings. The van der Waals surface area contributed by atoms with Gasteiger partial charge in [-0.2, -0.15) is 0 Å². The molecule has 0 radical (unpaired) electrons. The monoisotopic (exact) mass is 632 g/mol. The highest BCUT2D eigenvalue weighted by Crippen LogP contribution is 2.35. The van der Waals surface area contributed by atoms with Crippen LogP contribution in [0.4, 0.5) is 36.1 Å². The van der Waals surface area contributed by atoms with Crippen LogP contribution in [0.1, 0.15) is 18.5 Å². The number of amides is 1. The zero-order chi connectivity index (χ0) is 32.8. The van der Waals surface area contributed by atoms with E-state index in [0.717, 1.165) is 6.07 Å². The van der Waals surface area contributed by atoms with E-state index in [1.165, 1.54) is 55.0 Å². The quantitative estimate of drug-likeness (QED) is 0.112. The van der Waals surface area contributed by atoms with Crippen molar-refractivity contribution in [2.24, 2.45) is 10.7 Å². The normalized spacial score (nSPS) is 14.0. The summed E-state index contributed by atoms with van der Waals surface area (Å²) in [6.45, 7) is 5.40. The van der Waals surface area contributed by atoms with Crippen molar-refractivity contribution in [2.75, 3.05) is 30.8 Å². The molecule has 1 amide bonds. The highest BCUT2D eigenvalue weighted by molar-refractivity contribution is 5.95. The number of anilines is 3. The summed E-state index contributed by atoms with van der Waals surface area (Å²) in [5, 5.41) is 7.05. The lowest BCUT2D eigenvalue weighted by molar-refractivity contribution is -0.129. The second kappa shape index (κ2) is 14.0. The number of aryl methyl sites for hydroxylation is 1. The molecule has 0 bridgehead atoms. The fraction of sp³-hybridized carbons (Fsp3) is 0.219. The molecule has 0 atom stereocenters. The molecule has 238 valence electrons. The van der Waals surface area contributed by atoms with Gasteiger partial charge in [0.15, 0.2) is 11.7 Å². The van der Waals surface area contributed by atoms with Gasteiger partial charge in [-0.3, -0.25) is 14.8 Å². The third-order valence-corrected chi connectivity index (χ3v) is 7.23. The van der Waals surface area contributed by atoms with Gasteiger partial charge in [0, 0.05) is 55.0 Å². The number of benzene rings is 2. The summed E-state index contributed by atoms with van der Waals surface area (Å²) in [6, 6.07) is 8.94. The van der Waals surface area contributed by atoms with E-state index in [-0.39, 0.29) is 29.1 Å². The first-order valence-electron chi connectivity index (χ1n) is 14.2. The Morgan fingerprint density at radius 3 is 2.59 bits per heavy atom. The van der Waals surface area contributed by atoms with Crippen molar-refractivity contribution in [3.63, 3.8) is 0 Å². The molecule has 5 rings (SSSR count). The number of nitrogens with zero attached hydrogens (tertiary/aromatic N) is 5. The zero-order valence-electron chi connectivity index (χ0n) is 25.1. The number of aliphatic imine (C=N–C) groups is 1. The molecule has 0 unspecified atom stereocenters. The van der Waals surface area contributed by atoms with Gasteiger partial charge < -0.3 is 30.7 Å². The maximum Gasteiger partial charge on any atom is 0.281 e. The Labute approximate surface area is 262 Å². The minimum absolute atomic E-state index is 0.00956. The van der Waals surface area contributed by atoms with Crippen LogP contribution < -0.4 is 25.8 Å². The predicted octanol–water partition coefficient (Wildman–Crippen LogP) is 5.83. The number of rotatable bonds is 10. The Morgan fingerprint density at radius 2 is 1.89 bits per heavy atom. The number of carbonyl (C=O) groups excluding carboxylic acids is 1. The number of nitrogens with one attached hydrogen (secondary N) is 2. The molecule has 4 aromatic rings. The molecule has 1 fully saturated rings. The average Bonchev–Trinajstić information content (AvgIpc) is 3.04. The van der Waals surface area contributed by atoms with Crippen LogP contribution in [0.15, 0.2) is 78.3 Å². The first kappa shape index (κ1) is 31.8. The maximum absolute atomic E-state index is 15.2. The molecule has 1 saturated heterocycles. The molecule has 14 heteroatoms. The van der Waals surface area contributed by atoms with Gasteiger partial charge in [0.05, 0.1) is 41.6 Å². The Morgan fingerprint density at radius 1 is 1.11 bits per heavy atom. The smallest absolute Gasteiger partial charge is 0.281 e. The first-order valence-corrected chi connectivity index (χ1v) is 14.2. The highest BCUT2D eigenvalue weighted by Gasteiger charge is 2.25. The van der Waals surface area contributed by atoms with E-state index in [4.69, 9.17) is 15.2 Å². The Balaban J connectivity index is 1.28. The number of allylic oxidation sites excluding steroid dienone is 1. The number of pyridine rings is 1. The number of hydrogen-bond acceptors (Lipinski definition) is 10. The molecule has 0 spiro atoms. The summed E-state index contributed by atoms with van der Waals surface area (Å²) < 4.78 is 53.2. The SMILES string of the molecule is C=C(F)C(=O)N1CCC(Nc2cc3c(Nc4ccc(O/C(N)=C/C=Nc5cnc(C)c(F)c5)cc4F)ncnc3cc2OC)CC1. The lowest BCUT2D eigenvalue weighted by Crippen LogP contribution is -2.42. The van der Waals surface area contributed by atoms with E-state index in [2.05, 4.69) is 37.2 Å². The van der Waals surface area contributed by atoms with E-state index < -0.39 is 23.4 Å². The third-order valence-electron chi connectivity index (χ3n) is 7.23. The van der Waals surface area contributed by atoms with Crippen molar-refractivity contribution < 1.29 is 27.4 Å². The summed E-state index contributed by atoms with van der Waals surface area (Å²) in [5.41, 5.74) is 7.79. The first-order chi connectivity index (χ1) is 22.1. The van der Waals surface area contributed by atoms with Gasteiger partial charge in [-0.1, -0.05) is 6.58 Å². The molecule has 11 nitrogen and oxygen atoms in total. The van der Waals surface area contributed by atoms with E-state index >= 15 is 4.39 Å². The fourth-order valence-electron chi connectivity index (χ4n) is 4.81. The van der Waals surface area contributed by atoms with E-state index in [9.17, 15) is 13.6 Å². The summed E-state index contributed by atoms with van der Waals surface area (Å²) in [5.74, 6) is -1.81. The number of hydrogen-bond donors (Lipinski definition) is 3. The van der Waals surface area contributed by atoms with Gasteiger partial charge in [0.1, 0.15) is 35.3 Å². The van der Waals surface area contributed by atoms with Crippen molar-refractivity contribution in [3.05, 3.63) is 90.6 Å². The Hall–Kier alpha value is -5.66. The van der Waals surface area contributed by atoms with Crippen LogP contribution in [0.25, 0.3) is 10.9 Å². The van der Waals surface area contributed by atoms with Crippen LogP contribution in [0, 0.1) is 18.6 Å². The summed E-state index contributed by atoms with van der Waals surface area (Å²) >= 11 is 0. The standard InChI is InChI=1S/C32H31F3N8O3/c1-18(33)32(44)43-10-7-20(8-11-43)41-28-14-23-27(15-29(28)45-3)39-17-40-31(23)42-26-5-4-22(13-25(26)35)46-30(36)6-9-37-21-12-24(34)19(2)38-16-21/h4-6,9,12-17,20,41H,1,7-8,10-11,36H2,2-3H3,(H,39,40,42)/b30-6+,37-9?. The molecule has 2 aromatic heterocycles. The molecule has 0 saturated carbocycles. The minimum atomic E-state index is -0.973. The summed E-state index contributed by atoms with van der Waals surface area (Å²) in [6.07, 6.45) is 6.61. The molecular weight excluding hydrogens is 601 g/mol. The molecule has 46 heavy (non-hydrogen) atoms. The van der Waals surface area contributed by atoms with Crippen LogP contribution in [0.3, 0.4) is 0 Å². The van der Waals surface area contributed by atoms with Gasteiger partial charge in [-0.15, -0.1) is 0 Å². The topological polar surface area (TPSA) is 140 Å². The number of carbonyl (C=O) groups is 1. The Kier molecular flexibility index (Phi) is 9.64. The maximum atomic E-state index is 15.2. The van der Waals surface area contributed by atoms with Crippen molar-refractivity contribution >= 4 is 45.9 Å². The summed E-state index contributed by atoms with van der Waals surface area (Å²) in [7, 11) is 1.54. The lowest BCUT2D eigenvalue weighted by Gasteiger charge is -2.32. The van der Waals surface area contributed by atoms with Crippen LogP contribution in [0.5, 0.6) is 11.5 Å². The predicted molar refractivity (Wildman–Crippen MR) is 169 cm³/mol. The number of piperidine rings is 1. The number of methoxy groups -OCH3 is 1. The zero-order valence-corrected chi connectivity index (χ0v) is 25.1. The van der Waals surface area contributed by atoms with Crippen LogP contribution in [-0.2, 0) is 4.79 Å². The number of halogens is 3. The molecular formula is C32H31F3N8O3. The van der Waals surface area contributed by atoms with E-state index in [0.29, 0.717) is 59.8 Å². The fourth-order valence-corrected chi connectivity index (χ4v) is 4.81. The van der Waals surface area contributed by atoms with Crippen LogP contribution in [-0.4, -0.2) is 58.2 Å². The van der Waals surface area contributed by atoms with Gasteiger partial charge >= 0.3 is 0 Å². The summed E-state index contributed by atoms with van der Waals surface area (Å²) in [4.78, 5) is 30.0. The second-order valence-electron chi connectivity index (χ2n) is 10.4. The average molecular weight is 633 g/mol. The Bertz CT molecular complexity index is 1840. The second-order valence-corrected chi connectivity index (χ2v) is 10.4. The molecule has 3 heterocycles. The van der Waals surface area contributed by atoms with Crippen LogP contribution in [0.2, 0.25) is 0 Å². The number of likely N-dealkylation sites (tertiary alicyclic amines) is 1. The van der Waals surface area contributed by atoms with Gasteiger partial charge in [0.25, 0.3) is 5.91 Å². The number of nitrogens with two attached hydrogens (primary N) is 1. The van der Waals surface area contributed by atoms with Crippen molar-refractivity contribution in [2.45, 2.75) is 25.8 Å². The third kappa shape index (κ3) is 7.52. The largest absolute Gasteiger partial charge is 0.495 e. The number of aromatic nitrogens is 3. The van der Waals surface area contributed by atoms with Gasteiger partial charge in [-0.05, 0) is 38.0 Å². The van der Waals surface area contributed by atoms with Crippen molar-refractivity contribution in [1.82, 2.24) is 19.9 Å². The minimum Gasteiger partial charge on any atom is -0.495 e. The molecule has 2 aromatic carbocycles. The highest BCUT2D eigenvalue weighted by atomic mass is 19.1. The number of fused-ring (bicyclic) bond motifs is 1.